The van der Waals surface area contributed by atoms with Gasteiger partial charge in [-0.2, -0.15) is 10.2 Å². The topological polar surface area (TPSA) is 66.8 Å². The highest BCUT2D eigenvalue weighted by molar-refractivity contribution is 5.42. The van der Waals surface area contributed by atoms with Crippen molar-refractivity contribution in [2.45, 2.75) is 33.1 Å². The van der Waals surface area contributed by atoms with Crippen LogP contribution in [0, 0.1) is 18.8 Å². The maximum absolute atomic E-state index is 4.41. The number of nitrogens with one attached hydrogen (secondary N) is 1. The zero-order chi connectivity index (χ0) is 16.5. The average Bonchev–Trinajstić information content (AvgIpc) is 2.54. The van der Waals surface area contributed by atoms with Crippen molar-refractivity contribution in [2.75, 3.05) is 29.9 Å². The molecule has 2 aliphatic rings. The van der Waals surface area contributed by atoms with Crippen molar-refractivity contribution in [3.63, 3.8) is 0 Å². The number of hydrogen-bond acceptors (Lipinski definition) is 6. The highest BCUT2D eigenvalue weighted by Crippen LogP contribution is 2.26. The third kappa shape index (κ3) is 3.18. The fraction of sp³-hybridized carbons (Fsp3) is 0.556. The molecule has 24 heavy (non-hydrogen) atoms. The van der Waals surface area contributed by atoms with E-state index in [0.29, 0.717) is 5.92 Å². The molecule has 0 aromatic carbocycles. The van der Waals surface area contributed by atoms with E-state index < -0.39 is 0 Å². The molecule has 0 saturated carbocycles. The molecule has 0 spiro atoms. The number of fused-ring (bicyclic) bond motifs is 1. The van der Waals surface area contributed by atoms with E-state index in [2.05, 4.69) is 43.6 Å². The summed E-state index contributed by atoms with van der Waals surface area (Å²) in [5, 5.41) is 20.6. The van der Waals surface area contributed by atoms with Crippen molar-refractivity contribution in [1.29, 1.82) is 0 Å². The first-order chi connectivity index (χ1) is 11.7. The standard InChI is InChI=1S/C18H24N6/c1-12-3-5-16-15(7-12)8-17(22-21-16)19-9-14-10-24(11-14)18-6-4-13(2)20-23-18/h4,6,8,12,14H,3,5,7,9-11H2,1-2H3,(H,19,22). The van der Waals surface area contributed by atoms with Gasteiger partial charge in [-0.15, -0.1) is 10.2 Å². The number of rotatable bonds is 4. The van der Waals surface area contributed by atoms with Crippen molar-refractivity contribution in [3.8, 4) is 0 Å². The van der Waals surface area contributed by atoms with Crippen LogP contribution in [0.5, 0.6) is 0 Å². The highest BCUT2D eigenvalue weighted by atomic mass is 15.3. The van der Waals surface area contributed by atoms with E-state index in [9.17, 15) is 0 Å². The Bertz CT molecular complexity index is 708. The van der Waals surface area contributed by atoms with Crippen LogP contribution >= 0.6 is 0 Å². The van der Waals surface area contributed by atoms with Crippen LogP contribution in [0.3, 0.4) is 0 Å². The van der Waals surface area contributed by atoms with Gasteiger partial charge in [0.05, 0.1) is 11.4 Å². The molecular formula is C18H24N6. The van der Waals surface area contributed by atoms with Gasteiger partial charge in [-0.1, -0.05) is 6.92 Å². The van der Waals surface area contributed by atoms with Crippen LogP contribution in [-0.4, -0.2) is 40.0 Å². The Kier molecular flexibility index (Phi) is 4.04. The fourth-order valence-corrected chi connectivity index (χ4v) is 3.49. The van der Waals surface area contributed by atoms with Crippen LogP contribution in [-0.2, 0) is 12.8 Å². The summed E-state index contributed by atoms with van der Waals surface area (Å²) in [6.45, 7) is 7.23. The molecule has 2 aromatic rings. The molecule has 1 N–H and O–H groups in total. The second-order valence-corrected chi connectivity index (χ2v) is 7.23. The minimum absolute atomic E-state index is 0.616. The fourth-order valence-electron chi connectivity index (χ4n) is 3.49. The molecule has 126 valence electrons. The van der Waals surface area contributed by atoms with Crippen LogP contribution < -0.4 is 10.2 Å². The van der Waals surface area contributed by atoms with Crippen molar-refractivity contribution in [3.05, 3.63) is 35.2 Å². The van der Waals surface area contributed by atoms with Gasteiger partial charge in [0.2, 0.25) is 0 Å². The molecule has 1 saturated heterocycles. The van der Waals surface area contributed by atoms with E-state index in [1.807, 2.05) is 19.1 Å². The summed E-state index contributed by atoms with van der Waals surface area (Å²) in [6, 6.07) is 6.25. The molecule has 6 heteroatoms. The van der Waals surface area contributed by atoms with E-state index in [-0.39, 0.29) is 0 Å². The molecule has 0 bridgehead atoms. The van der Waals surface area contributed by atoms with Gasteiger partial charge in [-0.3, -0.25) is 0 Å². The first-order valence-electron chi connectivity index (χ1n) is 8.82. The number of hydrogen-bond donors (Lipinski definition) is 1. The van der Waals surface area contributed by atoms with E-state index in [4.69, 9.17) is 0 Å². The molecule has 1 aliphatic carbocycles. The third-order valence-electron chi connectivity index (χ3n) is 5.04. The Balaban J connectivity index is 1.29. The molecule has 1 atom stereocenters. The van der Waals surface area contributed by atoms with Gasteiger partial charge in [0.25, 0.3) is 0 Å². The van der Waals surface area contributed by atoms with Crippen molar-refractivity contribution in [2.24, 2.45) is 11.8 Å². The largest absolute Gasteiger partial charge is 0.368 e. The molecule has 0 radical (unpaired) electrons. The number of aromatic nitrogens is 4. The third-order valence-corrected chi connectivity index (χ3v) is 5.04. The number of nitrogens with zero attached hydrogens (tertiary/aromatic N) is 5. The van der Waals surface area contributed by atoms with Crippen molar-refractivity contribution < 1.29 is 0 Å². The summed E-state index contributed by atoms with van der Waals surface area (Å²) in [6.07, 6.45) is 3.43. The zero-order valence-electron chi connectivity index (χ0n) is 14.4. The van der Waals surface area contributed by atoms with Crippen LogP contribution in [0.15, 0.2) is 18.2 Å². The minimum Gasteiger partial charge on any atom is -0.368 e. The summed E-state index contributed by atoms with van der Waals surface area (Å²) >= 11 is 0. The minimum atomic E-state index is 0.616. The van der Waals surface area contributed by atoms with Gasteiger partial charge in [-0.25, -0.2) is 0 Å². The van der Waals surface area contributed by atoms with Crippen LogP contribution in [0.2, 0.25) is 0 Å². The number of anilines is 2. The SMILES string of the molecule is Cc1ccc(N2CC(CNc3cc4c(nn3)CCC(C)C4)C2)nn1. The van der Waals surface area contributed by atoms with Crippen molar-refractivity contribution in [1.82, 2.24) is 20.4 Å². The molecule has 6 nitrogen and oxygen atoms in total. The molecule has 4 rings (SSSR count). The summed E-state index contributed by atoms with van der Waals surface area (Å²) in [7, 11) is 0. The van der Waals surface area contributed by atoms with E-state index in [1.165, 1.54) is 17.7 Å². The molecule has 3 heterocycles. The Labute approximate surface area is 142 Å². The predicted octanol–water partition coefficient (Wildman–Crippen LogP) is 2.25. The lowest BCUT2D eigenvalue weighted by atomic mass is 9.88. The lowest BCUT2D eigenvalue weighted by molar-refractivity contribution is 0.424. The second-order valence-electron chi connectivity index (χ2n) is 7.23. The van der Waals surface area contributed by atoms with E-state index >= 15 is 0 Å². The summed E-state index contributed by atoms with van der Waals surface area (Å²) in [5.74, 6) is 3.26. The predicted molar refractivity (Wildman–Crippen MR) is 94.2 cm³/mol. The van der Waals surface area contributed by atoms with Crippen LogP contribution in [0.4, 0.5) is 11.6 Å². The molecular weight excluding hydrogens is 300 g/mol. The molecule has 0 amide bonds. The van der Waals surface area contributed by atoms with Crippen LogP contribution in [0.25, 0.3) is 0 Å². The van der Waals surface area contributed by atoms with Crippen LogP contribution in [0.1, 0.15) is 30.3 Å². The maximum Gasteiger partial charge on any atom is 0.151 e. The van der Waals surface area contributed by atoms with E-state index in [0.717, 1.165) is 55.7 Å². The second kappa shape index (κ2) is 6.34. The van der Waals surface area contributed by atoms with Gasteiger partial charge in [0.15, 0.2) is 5.82 Å². The van der Waals surface area contributed by atoms with Gasteiger partial charge in [-0.05, 0) is 55.9 Å². The van der Waals surface area contributed by atoms with Gasteiger partial charge < -0.3 is 10.2 Å². The lowest BCUT2D eigenvalue weighted by Crippen LogP contribution is -2.50. The highest BCUT2D eigenvalue weighted by Gasteiger charge is 2.28. The smallest absolute Gasteiger partial charge is 0.151 e. The Morgan fingerprint density at radius 3 is 2.83 bits per heavy atom. The molecule has 1 unspecified atom stereocenters. The quantitative estimate of drug-likeness (QED) is 0.930. The summed E-state index contributed by atoms with van der Waals surface area (Å²) in [4.78, 5) is 2.26. The summed E-state index contributed by atoms with van der Waals surface area (Å²) < 4.78 is 0. The monoisotopic (exact) mass is 324 g/mol. The average molecular weight is 324 g/mol. The van der Waals surface area contributed by atoms with Gasteiger partial charge in [0, 0.05) is 25.6 Å². The van der Waals surface area contributed by atoms with Gasteiger partial charge in [0.1, 0.15) is 5.82 Å². The van der Waals surface area contributed by atoms with Crippen molar-refractivity contribution >= 4 is 11.6 Å². The molecule has 1 aliphatic heterocycles. The Morgan fingerprint density at radius 2 is 2.04 bits per heavy atom. The lowest BCUT2D eigenvalue weighted by Gasteiger charge is -2.40. The van der Waals surface area contributed by atoms with Gasteiger partial charge >= 0.3 is 0 Å². The first-order valence-corrected chi connectivity index (χ1v) is 8.82. The number of aryl methyl sites for hydroxylation is 2. The molecule has 1 fully saturated rings. The zero-order valence-corrected chi connectivity index (χ0v) is 14.4. The summed E-state index contributed by atoms with van der Waals surface area (Å²) in [5.41, 5.74) is 3.51. The molecule has 2 aromatic heterocycles. The maximum atomic E-state index is 4.41. The van der Waals surface area contributed by atoms with E-state index in [1.54, 1.807) is 0 Å². The Morgan fingerprint density at radius 1 is 1.17 bits per heavy atom. The normalized spacial score (nSPS) is 20.4. The first kappa shape index (κ1) is 15.3. The Hall–Kier alpha value is -2.24.